The van der Waals surface area contributed by atoms with Gasteiger partial charge in [0.05, 0.1) is 23.6 Å². The zero-order valence-electron chi connectivity index (χ0n) is 17.6. The molecule has 34 heavy (non-hydrogen) atoms. The Labute approximate surface area is 191 Å². The van der Waals surface area contributed by atoms with Gasteiger partial charge in [-0.15, -0.1) is 0 Å². The van der Waals surface area contributed by atoms with Gasteiger partial charge < -0.3 is 18.7 Å². The summed E-state index contributed by atoms with van der Waals surface area (Å²) < 4.78 is 16.9. The molecular formula is C27H16O7. The van der Waals surface area contributed by atoms with Crippen LogP contribution < -0.4 is 15.6 Å². The Balaban J connectivity index is 1.64. The van der Waals surface area contributed by atoms with Crippen LogP contribution in [-0.2, 0) is 4.79 Å². The summed E-state index contributed by atoms with van der Waals surface area (Å²) in [5.74, 6) is -1.70. The number of hydrogen-bond donors (Lipinski definition) is 1. The number of esters is 1. The molecule has 1 aliphatic heterocycles. The first-order chi connectivity index (χ1) is 16.5. The van der Waals surface area contributed by atoms with Crippen molar-refractivity contribution in [1.29, 1.82) is 0 Å². The van der Waals surface area contributed by atoms with E-state index in [0.29, 0.717) is 22.1 Å². The lowest BCUT2D eigenvalue weighted by Gasteiger charge is -2.25. The number of phenols is 1. The number of hydrogen-bond acceptors (Lipinski definition) is 7. The summed E-state index contributed by atoms with van der Waals surface area (Å²) in [5, 5.41) is 11.0. The first-order valence-electron chi connectivity index (χ1n) is 10.6. The van der Waals surface area contributed by atoms with Crippen LogP contribution in [0.2, 0.25) is 0 Å². The Hall–Kier alpha value is -4.65. The van der Waals surface area contributed by atoms with Crippen molar-refractivity contribution in [1.82, 2.24) is 0 Å². The van der Waals surface area contributed by atoms with Gasteiger partial charge in [0, 0.05) is 23.1 Å². The van der Waals surface area contributed by atoms with Gasteiger partial charge in [0.15, 0.2) is 5.43 Å². The smallest absolute Gasteiger partial charge is 0.312 e. The molecule has 0 unspecified atom stereocenters. The summed E-state index contributed by atoms with van der Waals surface area (Å²) in [6, 6.07) is 17.0. The third kappa shape index (κ3) is 2.94. The number of rotatable bonds is 2. The van der Waals surface area contributed by atoms with Crippen molar-refractivity contribution in [2.24, 2.45) is 0 Å². The fourth-order valence-electron chi connectivity index (χ4n) is 4.55. The fourth-order valence-corrected chi connectivity index (χ4v) is 4.55. The number of carbonyl (C=O) groups is 1. The van der Waals surface area contributed by atoms with Gasteiger partial charge in [-0.25, -0.2) is 0 Å². The van der Waals surface area contributed by atoms with Crippen molar-refractivity contribution in [2.45, 2.75) is 12.3 Å². The summed E-state index contributed by atoms with van der Waals surface area (Å²) >= 11 is 0. The minimum atomic E-state index is -0.786. The van der Waals surface area contributed by atoms with Crippen molar-refractivity contribution >= 4 is 27.9 Å². The SMILES string of the molecule is O=C1C[C@@H](c2coc3ccccc3c2=O)c2c(cc(O)c3c(=O)c(-c4ccccc4)coc23)O1. The number of carbonyl (C=O) groups excluding carboxylic acids is 1. The Morgan fingerprint density at radius 2 is 1.62 bits per heavy atom. The molecule has 7 nitrogen and oxygen atoms in total. The van der Waals surface area contributed by atoms with Gasteiger partial charge in [0.1, 0.15) is 34.3 Å². The first kappa shape index (κ1) is 20.0. The van der Waals surface area contributed by atoms with E-state index in [2.05, 4.69) is 0 Å². The fraction of sp³-hybridized carbons (Fsp3) is 0.0741. The van der Waals surface area contributed by atoms with Crippen LogP contribution in [0.25, 0.3) is 33.1 Å². The van der Waals surface area contributed by atoms with Crippen LogP contribution in [0.15, 0.2) is 91.6 Å². The van der Waals surface area contributed by atoms with Crippen LogP contribution in [0.1, 0.15) is 23.5 Å². The molecular weight excluding hydrogens is 436 g/mol. The topological polar surface area (TPSA) is 107 Å². The summed E-state index contributed by atoms with van der Waals surface area (Å²) in [5.41, 5.74) is 1.23. The molecule has 2 aromatic heterocycles. The molecule has 1 aliphatic rings. The molecule has 0 amide bonds. The minimum Gasteiger partial charge on any atom is -0.507 e. The number of para-hydroxylation sites is 1. The lowest BCUT2D eigenvalue weighted by Crippen LogP contribution is -2.25. The monoisotopic (exact) mass is 452 g/mol. The Kier molecular flexibility index (Phi) is 4.38. The molecule has 0 bridgehead atoms. The van der Waals surface area contributed by atoms with E-state index in [0.717, 1.165) is 0 Å². The predicted molar refractivity (Wildman–Crippen MR) is 124 cm³/mol. The molecule has 5 aromatic rings. The number of aromatic hydroxyl groups is 1. The van der Waals surface area contributed by atoms with E-state index in [-0.39, 0.29) is 45.4 Å². The van der Waals surface area contributed by atoms with E-state index in [1.807, 2.05) is 6.07 Å². The van der Waals surface area contributed by atoms with Crippen LogP contribution in [0.5, 0.6) is 11.5 Å². The van der Waals surface area contributed by atoms with E-state index >= 15 is 0 Å². The highest BCUT2D eigenvalue weighted by Crippen LogP contribution is 2.45. The van der Waals surface area contributed by atoms with Crippen LogP contribution >= 0.6 is 0 Å². The molecule has 6 rings (SSSR count). The van der Waals surface area contributed by atoms with Gasteiger partial charge >= 0.3 is 5.97 Å². The highest BCUT2D eigenvalue weighted by Gasteiger charge is 2.35. The van der Waals surface area contributed by atoms with Gasteiger partial charge in [-0.3, -0.25) is 14.4 Å². The summed E-state index contributed by atoms with van der Waals surface area (Å²) in [7, 11) is 0. The summed E-state index contributed by atoms with van der Waals surface area (Å²) in [4.78, 5) is 39.1. The standard InChI is InChI=1S/C27H16O7/c28-19-11-21-23(27-24(19)26(31)17(12-33-27)14-6-2-1-3-7-14)16(10-22(29)34-21)18-13-32-20-9-5-4-8-15(20)25(18)30/h1-9,11-13,16,28H,10H2/t16-/m0/s1. The molecule has 3 heterocycles. The summed E-state index contributed by atoms with van der Waals surface area (Å²) in [6.45, 7) is 0. The summed E-state index contributed by atoms with van der Waals surface area (Å²) in [6.07, 6.45) is 2.49. The average molecular weight is 452 g/mol. The molecule has 0 fully saturated rings. The average Bonchev–Trinajstić information content (AvgIpc) is 2.84. The number of ether oxygens (including phenoxy) is 1. The van der Waals surface area contributed by atoms with Crippen molar-refractivity contribution in [2.75, 3.05) is 0 Å². The highest BCUT2D eigenvalue weighted by atomic mass is 16.5. The van der Waals surface area contributed by atoms with E-state index in [1.54, 1.807) is 48.5 Å². The van der Waals surface area contributed by atoms with Crippen molar-refractivity contribution in [3.8, 4) is 22.6 Å². The quantitative estimate of drug-likeness (QED) is 0.305. The van der Waals surface area contributed by atoms with Crippen LogP contribution in [0.3, 0.4) is 0 Å². The number of phenolic OH excluding ortho intramolecular Hbond substituents is 1. The largest absolute Gasteiger partial charge is 0.507 e. The van der Waals surface area contributed by atoms with E-state index in [4.69, 9.17) is 13.6 Å². The third-order valence-corrected chi connectivity index (χ3v) is 6.14. The maximum atomic E-state index is 13.4. The van der Waals surface area contributed by atoms with Gasteiger partial charge in [-0.1, -0.05) is 42.5 Å². The van der Waals surface area contributed by atoms with Crippen LogP contribution in [-0.4, -0.2) is 11.1 Å². The molecule has 0 spiro atoms. The Morgan fingerprint density at radius 3 is 2.44 bits per heavy atom. The first-order valence-corrected chi connectivity index (χ1v) is 10.6. The van der Waals surface area contributed by atoms with Gasteiger partial charge in [-0.2, -0.15) is 0 Å². The van der Waals surface area contributed by atoms with Gasteiger partial charge in [0.25, 0.3) is 0 Å². The normalized spacial score (nSPS) is 15.3. The second-order valence-electron chi connectivity index (χ2n) is 8.10. The second-order valence-corrected chi connectivity index (χ2v) is 8.10. The molecule has 1 N–H and O–H groups in total. The Morgan fingerprint density at radius 1 is 0.853 bits per heavy atom. The molecule has 0 aliphatic carbocycles. The van der Waals surface area contributed by atoms with Crippen molar-refractivity contribution in [3.63, 3.8) is 0 Å². The Bertz CT molecular complexity index is 1730. The maximum absolute atomic E-state index is 13.4. The van der Waals surface area contributed by atoms with Crippen LogP contribution in [0, 0.1) is 0 Å². The molecule has 0 saturated carbocycles. The molecule has 3 aromatic carbocycles. The predicted octanol–water partition coefficient (Wildman–Crippen LogP) is 4.71. The van der Waals surface area contributed by atoms with Gasteiger partial charge in [-0.05, 0) is 17.7 Å². The molecule has 7 heteroatoms. The zero-order chi connectivity index (χ0) is 23.4. The number of fused-ring (bicyclic) bond motifs is 4. The van der Waals surface area contributed by atoms with Gasteiger partial charge in [0.2, 0.25) is 5.43 Å². The number of benzene rings is 3. The lowest BCUT2D eigenvalue weighted by molar-refractivity contribution is -0.135. The molecule has 0 radical (unpaired) electrons. The lowest BCUT2D eigenvalue weighted by atomic mass is 9.85. The van der Waals surface area contributed by atoms with E-state index in [1.165, 1.54) is 18.6 Å². The molecule has 0 saturated heterocycles. The van der Waals surface area contributed by atoms with Crippen LogP contribution in [0.4, 0.5) is 0 Å². The van der Waals surface area contributed by atoms with E-state index < -0.39 is 17.3 Å². The highest BCUT2D eigenvalue weighted by molar-refractivity contribution is 5.94. The van der Waals surface area contributed by atoms with Crippen molar-refractivity contribution < 1.29 is 23.5 Å². The third-order valence-electron chi connectivity index (χ3n) is 6.14. The molecule has 1 atom stereocenters. The molecule has 166 valence electrons. The van der Waals surface area contributed by atoms with Crippen molar-refractivity contribution in [3.05, 3.63) is 105 Å². The maximum Gasteiger partial charge on any atom is 0.312 e. The van der Waals surface area contributed by atoms with E-state index in [9.17, 15) is 19.5 Å². The zero-order valence-corrected chi connectivity index (χ0v) is 17.6. The minimum absolute atomic E-state index is 0.0365. The second kappa shape index (κ2) is 7.45.